The van der Waals surface area contributed by atoms with Crippen LogP contribution < -0.4 is 0 Å². The second kappa shape index (κ2) is 2.90. The number of cyclic esters (lactones) is 1. The van der Waals surface area contributed by atoms with Crippen molar-refractivity contribution in [3.63, 3.8) is 0 Å². The van der Waals surface area contributed by atoms with Gasteiger partial charge in [-0.2, -0.15) is 0 Å². The predicted octanol–water partition coefficient (Wildman–Crippen LogP) is 0.111. The first-order valence-electron chi connectivity index (χ1n) is 3.43. The van der Waals surface area contributed by atoms with Crippen LogP contribution in [-0.4, -0.2) is 25.2 Å². The van der Waals surface area contributed by atoms with E-state index in [-0.39, 0.29) is 6.10 Å². The molecule has 0 bridgehead atoms. The van der Waals surface area contributed by atoms with E-state index in [0.717, 1.165) is 0 Å². The SMILES string of the molecule is COC(=O)[C@@H]1C[C@H](C)OC1=O. The van der Waals surface area contributed by atoms with Crippen molar-refractivity contribution in [1.29, 1.82) is 0 Å². The summed E-state index contributed by atoms with van der Waals surface area (Å²) in [6, 6.07) is 0. The van der Waals surface area contributed by atoms with Crippen molar-refractivity contribution >= 4 is 11.9 Å². The Morgan fingerprint density at radius 2 is 2.36 bits per heavy atom. The van der Waals surface area contributed by atoms with Crippen molar-refractivity contribution in [2.45, 2.75) is 19.4 Å². The highest BCUT2D eigenvalue weighted by molar-refractivity contribution is 5.96. The monoisotopic (exact) mass is 158 g/mol. The summed E-state index contributed by atoms with van der Waals surface area (Å²) in [4.78, 5) is 21.7. The van der Waals surface area contributed by atoms with Crippen molar-refractivity contribution in [3.8, 4) is 0 Å². The lowest BCUT2D eigenvalue weighted by atomic mass is 10.1. The largest absolute Gasteiger partial charge is 0.468 e. The molecule has 0 aromatic carbocycles. The quantitative estimate of drug-likeness (QED) is 0.401. The molecule has 1 fully saturated rings. The average molecular weight is 158 g/mol. The molecule has 1 saturated heterocycles. The Labute approximate surface area is 64.5 Å². The fraction of sp³-hybridized carbons (Fsp3) is 0.714. The van der Waals surface area contributed by atoms with Crippen molar-refractivity contribution in [2.75, 3.05) is 7.11 Å². The molecule has 0 aromatic rings. The molecule has 0 spiro atoms. The fourth-order valence-electron chi connectivity index (χ4n) is 1.09. The van der Waals surface area contributed by atoms with Gasteiger partial charge < -0.3 is 9.47 Å². The van der Waals surface area contributed by atoms with Crippen LogP contribution in [-0.2, 0) is 19.1 Å². The third kappa shape index (κ3) is 1.50. The van der Waals surface area contributed by atoms with E-state index in [1.165, 1.54) is 7.11 Å². The summed E-state index contributed by atoms with van der Waals surface area (Å²) in [5.74, 6) is -1.67. The summed E-state index contributed by atoms with van der Waals surface area (Å²) in [5, 5.41) is 0. The summed E-state index contributed by atoms with van der Waals surface area (Å²) in [5.41, 5.74) is 0. The van der Waals surface area contributed by atoms with Gasteiger partial charge in [0.2, 0.25) is 0 Å². The Morgan fingerprint density at radius 1 is 1.73 bits per heavy atom. The maximum Gasteiger partial charge on any atom is 0.320 e. The smallest absolute Gasteiger partial charge is 0.320 e. The third-order valence-electron chi connectivity index (χ3n) is 1.66. The van der Waals surface area contributed by atoms with Crippen LogP contribution in [0.4, 0.5) is 0 Å². The molecule has 0 aromatic heterocycles. The zero-order valence-corrected chi connectivity index (χ0v) is 6.49. The van der Waals surface area contributed by atoms with Gasteiger partial charge in [-0.3, -0.25) is 9.59 Å². The molecule has 1 aliphatic heterocycles. The van der Waals surface area contributed by atoms with Gasteiger partial charge in [0, 0.05) is 6.42 Å². The van der Waals surface area contributed by atoms with Crippen molar-refractivity contribution in [3.05, 3.63) is 0 Å². The molecule has 2 atom stereocenters. The summed E-state index contributed by atoms with van der Waals surface area (Å²) < 4.78 is 9.17. The number of hydrogen-bond acceptors (Lipinski definition) is 4. The van der Waals surface area contributed by atoms with E-state index in [1.807, 2.05) is 0 Å². The summed E-state index contributed by atoms with van der Waals surface area (Å²) >= 11 is 0. The van der Waals surface area contributed by atoms with Gasteiger partial charge >= 0.3 is 11.9 Å². The Bertz CT molecular complexity index is 179. The molecule has 11 heavy (non-hydrogen) atoms. The van der Waals surface area contributed by atoms with E-state index in [2.05, 4.69) is 4.74 Å². The van der Waals surface area contributed by atoms with Crippen LogP contribution in [0.3, 0.4) is 0 Å². The predicted molar refractivity (Wildman–Crippen MR) is 35.7 cm³/mol. The highest BCUT2D eigenvalue weighted by atomic mass is 16.6. The van der Waals surface area contributed by atoms with Gasteiger partial charge in [0.25, 0.3) is 0 Å². The zero-order chi connectivity index (χ0) is 8.43. The van der Waals surface area contributed by atoms with Gasteiger partial charge in [-0.05, 0) is 6.92 Å². The van der Waals surface area contributed by atoms with E-state index in [9.17, 15) is 9.59 Å². The summed E-state index contributed by atoms with van der Waals surface area (Å²) in [6.07, 6.45) is 0.275. The van der Waals surface area contributed by atoms with Crippen molar-refractivity contribution < 1.29 is 19.1 Å². The number of hydrogen-bond donors (Lipinski definition) is 0. The summed E-state index contributed by atoms with van der Waals surface area (Å²) in [7, 11) is 1.26. The number of rotatable bonds is 1. The van der Waals surface area contributed by atoms with Crippen LogP contribution in [0.1, 0.15) is 13.3 Å². The molecule has 0 unspecified atom stereocenters. The lowest BCUT2D eigenvalue weighted by Gasteiger charge is -2.00. The minimum atomic E-state index is -0.699. The fourth-order valence-corrected chi connectivity index (χ4v) is 1.09. The van der Waals surface area contributed by atoms with Crippen LogP contribution in [0.5, 0.6) is 0 Å². The maximum atomic E-state index is 10.9. The number of methoxy groups -OCH3 is 1. The van der Waals surface area contributed by atoms with Crippen LogP contribution in [0.2, 0.25) is 0 Å². The molecule has 1 aliphatic rings. The number of ether oxygens (including phenoxy) is 2. The molecule has 0 aliphatic carbocycles. The highest BCUT2D eigenvalue weighted by Crippen LogP contribution is 2.21. The van der Waals surface area contributed by atoms with Crippen molar-refractivity contribution in [2.24, 2.45) is 5.92 Å². The maximum absolute atomic E-state index is 10.9. The third-order valence-corrected chi connectivity index (χ3v) is 1.66. The van der Waals surface area contributed by atoms with Crippen LogP contribution >= 0.6 is 0 Å². The minimum absolute atomic E-state index is 0.161. The second-order valence-electron chi connectivity index (χ2n) is 2.56. The molecular weight excluding hydrogens is 148 g/mol. The molecule has 1 heterocycles. The lowest BCUT2D eigenvalue weighted by molar-refractivity contribution is -0.154. The van der Waals surface area contributed by atoms with Gasteiger partial charge in [0.15, 0.2) is 5.92 Å². The van der Waals surface area contributed by atoms with E-state index in [4.69, 9.17) is 4.74 Å². The molecule has 4 nitrogen and oxygen atoms in total. The normalized spacial score (nSPS) is 29.8. The standard InChI is InChI=1S/C7H10O4/c1-4-3-5(6(8)10-2)7(9)11-4/h4-5H,3H2,1-2H3/t4-,5-/m0/s1. The Kier molecular flexibility index (Phi) is 2.12. The first-order chi connectivity index (χ1) is 5.15. The number of carbonyl (C=O) groups excluding carboxylic acids is 2. The second-order valence-corrected chi connectivity index (χ2v) is 2.56. The van der Waals surface area contributed by atoms with Crippen LogP contribution in [0, 0.1) is 5.92 Å². The van der Waals surface area contributed by atoms with Gasteiger partial charge in [0.1, 0.15) is 6.10 Å². The van der Waals surface area contributed by atoms with E-state index in [1.54, 1.807) is 6.92 Å². The lowest BCUT2D eigenvalue weighted by Crippen LogP contribution is -2.20. The van der Waals surface area contributed by atoms with Crippen LogP contribution in [0.25, 0.3) is 0 Å². The summed E-state index contributed by atoms with van der Waals surface area (Å²) in [6.45, 7) is 1.75. The highest BCUT2D eigenvalue weighted by Gasteiger charge is 2.38. The average Bonchev–Trinajstić information content (AvgIpc) is 2.28. The van der Waals surface area contributed by atoms with E-state index >= 15 is 0 Å². The molecule has 0 radical (unpaired) electrons. The van der Waals surface area contributed by atoms with Crippen molar-refractivity contribution in [1.82, 2.24) is 0 Å². The molecule has 4 heteroatoms. The zero-order valence-electron chi connectivity index (χ0n) is 6.49. The first kappa shape index (κ1) is 8.04. The molecule has 62 valence electrons. The molecule has 0 saturated carbocycles. The first-order valence-corrected chi connectivity index (χ1v) is 3.43. The van der Waals surface area contributed by atoms with Crippen LogP contribution in [0.15, 0.2) is 0 Å². The Morgan fingerprint density at radius 3 is 2.73 bits per heavy atom. The molecule has 0 N–H and O–H groups in total. The van der Waals surface area contributed by atoms with Gasteiger partial charge in [-0.25, -0.2) is 0 Å². The van der Waals surface area contributed by atoms with Gasteiger partial charge in [-0.15, -0.1) is 0 Å². The Hall–Kier alpha value is -1.06. The van der Waals surface area contributed by atoms with Gasteiger partial charge in [-0.1, -0.05) is 0 Å². The number of esters is 2. The molecular formula is C7H10O4. The van der Waals surface area contributed by atoms with E-state index in [0.29, 0.717) is 6.42 Å². The Balaban J connectivity index is 2.60. The molecule has 0 amide bonds. The number of carbonyl (C=O) groups is 2. The minimum Gasteiger partial charge on any atom is -0.468 e. The van der Waals surface area contributed by atoms with E-state index < -0.39 is 17.9 Å². The topological polar surface area (TPSA) is 52.6 Å². The van der Waals surface area contributed by atoms with Gasteiger partial charge in [0.05, 0.1) is 7.11 Å². The molecule has 1 rings (SSSR count).